The third kappa shape index (κ3) is 6.76. The van der Waals surface area contributed by atoms with E-state index in [1.807, 2.05) is 13.8 Å². The number of benzene rings is 1. The Balaban J connectivity index is 2.54. The van der Waals surface area contributed by atoms with Crippen molar-refractivity contribution in [1.29, 1.82) is 0 Å². The van der Waals surface area contributed by atoms with Crippen LogP contribution in [-0.2, 0) is 0 Å². The van der Waals surface area contributed by atoms with E-state index in [-0.39, 0.29) is 6.61 Å². The molecule has 1 atom stereocenters. The molecule has 0 unspecified atom stereocenters. The van der Waals surface area contributed by atoms with Crippen LogP contribution in [0.3, 0.4) is 0 Å². The predicted octanol–water partition coefficient (Wildman–Crippen LogP) is 1.70. The summed E-state index contributed by atoms with van der Waals surface area (Å²) in [6, 6.07) is 5.38. The highest BCUT2D eigenvalue weighted by molar-refractivity contribution is 5.60. The molecular weight excluding hydrogens is 282 g/mol. The zero-order chi connectivity index (χ0) is 16.4. The molecule has 4 N–H and O–H groups in total. The van der Waals surface area contributed by atoms with Crippen molar-refractivity contribution in [3.63, 3.8) is 0 Å². The van der Waals surface area contributed by atoms with Crippen LogP contribution in [0.1, 0.15) is 20.3 Å². The quantitative estimate of drug-likeness (QED) is 0.453. The van der Waals surface area contributed by atoms with Crippen molar-refractivity contribution in [2.24, 2.45) is 5.73 Å². The van der Waals surface area contributed by atoms with Crippen LogP contribution in [-0.4, -0.2) is 43.6 Å². The molecule has 0 radical (unpaired) electrons. The van der Waals surface area contributed by atoms with E-state index in [4.69, 9.17) is 21.8 Å². The Morgan fingerprint density at radius 1 is 1.36 bits per heavy atom. The Kier molecular flexibility index (Phi) is 8.30. The molecule has 0 aromatic heterocycles. The molecule has 0 bridgehead atoms. The van der Waals surface area contributed by atoms with Gasteiger partial charge in [-0.05, 0) is 31.2 Å². The van der Waals surface area contributed by atoms with Crippen molar-refractivity contribution in [3.8, 4) is 11.5 Å². The van der Waals surface area contributed by atoms with E-state index in [1.165, 1.54) is 0 Å². The van der Waals surface area contributed by atoms with E-state index in [2.05, 4.69) is 10.2 Å². The van der Waals surface area contributed by atoms with E-state index in [0.717, 1.165) is 6.42 Å². The van der Waals surface area contributed by atoms with E-state index in [9.17, 15) is 5.11 Å². The average Bonchev–Trinajstić information content (AvgIpc) is 2.51. The van der Waals surface area contributed by atoms with Crippen molar-refractivity contribution in [2.75, 3.05) is 26.3 Å². The third-order valence-corrected chi connectivity index (χ3v) is 2.86. The van der Waals surface area contributed by atoms with Crippen LogP contribution in [0.5, 0.6) is 11.5 Å². The van der Waals surface area contributed by atoms with Gasteiger partial charge in [0, 0.05) is 12.6 Å². The van der Waals surface area contributed by atoms with Crippen LogP contribution < -0.4 is 20.5 Å². The lowest BCUT2D eigenvalue weighted by atomic mass is 10.2. The SMILES string of the molecule is [C-]#[N+]c1cc(OCCCN)ccc1OC[C@@H](O)CNC(C)C. The summed E-state index contributed by atoms with van der Waals surface area (Å²) in [5, 5.41) is 12.9. The van der Waals surface area contributed by atoms with E-state index < -0.39 is 6.10 Å². The van der Waals surface area contributed by atoms with Crippen molar-refractivity contribution in [1.82, 2.24) is 5.32 Å². The molecule has 1 aromatic carbocycles. The first-order valence-corrected chi connectivity index (χ1v) is 7.45. The Morgan fingerprint density at radius 3 is 2.77 bits per heavy atom. The number of rotatable bonds is 10. The minimum atomic E-state index is -0.624. The molecule has 0 spiro atoms. The molecule has 0 fully saturated rings. The van der Waals surface area contributed by atoms with Crippen LogP contribution in [0.25, 0.3) is 4.85 Å². The highest BCUT2D eigenvalue weighted by Crippen LogP contribution is 2.32. The zero-order valence-corrected chi connectivity index (χ0v) is 13.2. The Bertz CT molecular complexity index is 486. The Labute approximate surface area is 132 Å². The summed E-state index contributed by atoms with van der Waals surface area (Å²) in [5.74, 6) is 1.07. The number of nitrogens with zero attached hydrogens (tertiary/aromatic N) is 1. The largest absolute Gasteiger partial charge is 0.502 e. The van der Waals surface area contributed by atoms with Gasteiger partial charge >= 0.3 is 0 Å². The first-order valence-electron chi connectivity index (χ1n) is 7.45. The fourth-order valence-corrected chi connectivity index (χ4v) is 1.69. The summed E-state index contributed by atoms with van der Waals surface area (Å²) in [6.45, 7) is 12.9. The Hall–Kier alpha value is -1.81. The molecule has 0 heterocycles. The fraction of sp³-hybridized carbons (Fsp3) is 0.562. The van der Waals surface area contributed by atoms with E-state index in [0.29, 0.717) is 42.9 Å². The highest BCUT2D eigenvalue weighted by Gasteiger charge is 2.10. The number of ether oxygens (including phenoxy) is 2. The monoisotopic (exact) mass is 307 g/mol. The number of nitrogens with two attached hydrogens (primary N) is 1. The minimum Gasteiger partial charge on any atom is -0.502 e. The van der Waals surface area contributed by atoms with Crippen molar-refractivity contribution >= 4 is 5.69 Å². The van der Waals surface area contributed by atoms with Gasteiger partial charge in [-0.3, -0.25) is 0 Å². The summed E-state index contributed by atoms with van der Waals surface area (Å²) in [6.07, 6.45) is 0.141. The maximum atomic E-state index is 9.82. The number of hydrogen-bond donors (Lipinski definition) is 3. The maximum absolute atomic E-state index is 9.82. The zero-order valence-electron chi connectivity index (χ0n) is 13.2. The van der Waals surface area contributed by atoms with Gasteiger partial charge in [0.25, 0.3) is 0 Å². The molecule has 0 aliphatic heterocycles. The molecule has 1 aromatic rings. The number of nitrogens with one attached hydrogen (secondary N) is 1. The standard InChI is InChI=1S/C16H25N3O3/c1-12(2)19-10-13(20)11-22-16-6-5-14(9-15(16)18-3)21-8-4-7-17/h5-6,9,12-13,19-20H,4,7-8,10-11,17H2,1-2H3/t13-/m0/s1. The summed E-state index contributed by atoms with van der Waals surface area (Å²) in [5.41, 5.74) is 5.78. The molecule has 0 aliphatic rings. The highest BCUT2D eigenvalue weighted by atomic mass is 16.5. The molecule has 6 nitrogen and oxygen atoms in total. The van der Waals surface area contributed by atoms with Gasteiger partial charge in [0.2, 0.25) is 5.69 Å². The molecule has 122 valence electrons. The maximum Gasteiger partial charge on any atom is 0.231 e. The summed E-state index contributed by atoms with van der Waals surface area (Å²) in [4.78, 5) is 3.43. The fourth-order valence-electron chi connectivity index (χ4n) is 1.69. The second kappa shape index (κ2) is 10.0. The van der Waals surface area contributed by atoms with Crippen LogP contribution >= 0.6 is 0 Å². The van der Waals surface area contributed by atoms with Gasteiger partial charge < -0.3 is 25.6 Å². The van der Waals surface area contributed by atoms with Crippen LogP contribution in [0.4, 0.5) is 5.69 Å². The van der Waals surface area contributed by atoms with E-state index in [1.54, 1.807) is 18.2 Å². The second-order valence-corrected chi connectivity index (χ2v) is 5.26. The predicted molar refractivity (Wildman–Crippen MR) is 86.5 cm³/mol. The first kappa shape index (κ1) is 18.2. The molecule has 0 saturated carbocycles. The first-order chi connectivity index (χ1) is 10.6. The van der Waals surface area contributed by atoms with Gasteiger partial charge in [-0.2, -0.15) is 0 Å². The normalized spacial score (nSPS) is 12.0. The van der Waals surface area contributed by atoms with Crippen LogP contribution in [0.15, 0.2) is 18.2 Å². The topological polar surface area (TPSA) is 81.1 Å². The van der Waals surface area contributed by atoms with Crippen molar-refractivity contribution < 1.29 is 14.6 Å². The summed E-state index contributed by atoms with van der Waals surface area (Å²) >= 11 is 0. The minimum absolute atomic E-state index is 0.135. The smallest absolute Gasteiger partial charge is 0.231 e. The molecular formula is C16H25N3O3. The van der Waals surface area contributed by atoms with Gasteiger partial charge in [-0.25, -0.2) is 4.85 Å². The lowest BCUT2D eigenvalue weighted by Gasteiger charge is -2.16. The number of aliphatic hydroxyl groups is 1. The molecule has 0 saturated heterocycles. The average molecular weight is 307 g/mol. The summed E-state index contributed by atoms with van der Waals surface area (Å²) < 4.78 is 11.0. The van der Waals surface area contributed by atoms with Gasteiger partial charge in [0.05, 0.1) is 13.2 Å². The third-order valence-electron chi connectivity index (χ3n) is 2.86. The number of aliphatic hydroxyl groups excluding tert-OH is 1. The van der Waals surface area contributed by atoms with Crippen LogP contribution in [0, 0.1) is 6.57 Å². The van der Waals surface area contributed by atoms with Gasteiger partial charge in [0.1, 0.15) is 24.2 Å². The lowest BCUT2D eigenvalue weighted by Crippen LogP contribution is -2.35. The van der Waals surface area contributed by atoms with E-state index >= 15 is 0 Å². The number of hydrogen-bond acceptors (Lipinski definition) is 5. The second-order valence-electron chi connectivity index (χ2n) is 5.26. The molecule has 0 aliphatic carbocycles. The molecule has 0 amide bonds. The van der Waals surface area contributed by atoms with Gasteiger partial charge in [-0.15, -0.1) is 0 Å². The van der Waals surface area contributed by atoms with Crippen LogP contribution in [0.2, 0.25) is 0 Å². The molecule has 1 rings (SSSR count). The van der Waals surface area contributed by atoms with Gasteiger partial charge in [-0.1, -0.05) is 13.8 Å². The lowest BCUT2D eigenvalue weighted by molar-refractivity contribution is 0.105. The van der Waals surface area contributed by atoms with Crippen molar-refractivity contribution in [3.05, 3.63) is 29.6 Å². The van der Waals surface area contributed by atoms with Crippen molar-refractivity contribution in [2.45, 2.75) is 32.4 Å². The Morgan fingerprint density at radius 2 is 2.14 bits per heavy atom. The molecule has 22 heavy (non-hydrogen) atoms. The molecule has 6 heteroatoms. The summed E-state index contributed by atoms with van der Waals surface area (Å²) in [7, 11) is 0. The van der Waals surface area contributed by atoms with Gasteiger partial charge in [0.15, 0.2) is 0 Å².